The van der Waals surface area contributed by atoms with E-state index in [0.717, 1.165) is 16.7 Å². The molecule has 0 bridgehead atoms. The Morgan fingerprint density at radius 2 is 1.95 bits per heavy atom. The zero-order chi connectivity index (χ0) is 16.5. The van der Waals surface area contributed by atoms with E-state index >= 15 is 0 Å². The van der Waals surface area contributed by atoms with Crippen molar-refractivity contribution in [3.63, 3.8) is 0 Å². The molecule has 0 spiro atoms. The van der Waals surface area contributed by atoms with Crippen molar-refractivity contribution in [1.29, 1.82) is 0 Å². The molecule has 1 saturated heterocycles. The molecule has 0 unspecified atom stereocenters. The summed E-state index contributed by atoms with van der Waals surface area (Å²) >= 11 is 5.99. The number of carbonyl (C=O) groups is 1. The first-order valence-corrected chi connectivity index (χ1v) is 8.73. The summed E-state index contributed by atoms with van der Waals surface area (Å²) in [6.45, 7) is -0.234. The number of amides is 1. The summed E-state index contributed by atoms with van der Waals surface area (Å²) in [4.78, 5) is 13.5. The summed E-state index contributed by atoms with van der Waals surface area (Å²) in [7, 11) is -4.19. The van der Waals surface area contributed by atoms with Gasteiger partial charge < -0.3 is 10.2 Å². The Morgan fingerprint density at radius 3 is 2.55 bits per heavy atom. The molecule has 22 heavy (non-hydrogen) atoms. The Labute approximate surface area is 136 Å². The van der Waals surface area contributed by atoms with Crippen molar-refractivity contribution in [2.24, 2.45) is 0 Å². The van der Waals surface area contributed by atoms with Gasteiger partial charge in [-0.15, -0.1) is 0 Å². The SMILES string of the molecule is O=C1/C(=C/c2ccc(O)c(O)c2)SC(=S)N1CCS(=O)(=O)O. The first-order chi connectivity index (χ1) is 10.2. The minimum absolute atomic E-state index is 0.183. The summed E-state index contributed by atoms with van der Waals surface area (Å²) in [6, 6.07) is 4.06. The molecule has 1 aliphatic rings. The van der Waals surface area contributed by atoms with Crippen molar-refractivity contribution in [3.05, 3.63) is 28.7 Å². The lowest BCUT2D eigenvalue weighted by Gasteiger charge is -2.12. The van der Waals surface area contributed by atoms with Crippen LogP contribution in [0.1, 0.15) is 5.56 Å². The van der Waals surface area contributed by atoms with Crippen molar-refractivity contribution >= 4 is 50.4 Å². The van der Waals surface area contributed by atoms with E-state index in [2.05, 4.69) is 0 Å². The van der Waals surface area contributed by atoms with Crippen molar-refractivity contribution in [3.8, 4) is 11.5 Å². The fraction of sp³-hybridized carbons (Fsp3) is 0.167. The third-order valence-corrected chi connectivity index (χ3v) is 4.82. The molecule has 118 valence electrons. The molecule has 7 nitrogen and oxygen atoms in total. The number of thiocarbonyl (C=S) groups is 1. The van der Waals surface area contributed by atoms with E-state index in [1.807, 2.05) is 0 Å². The minimum Gasteiger partial charge on any atom is -0.504 e. The lowest BCUT2D eigenvalue weighted by Crippen LogP contribution is -2.32. The fourth-order valence-corrected chi connectivity index (χ4v) is 3.40. The Morgan fingerprint density at radius 1 is 1.27 bits per heavy atom. The molecule has 1 aromatic rings. The van der Waals surface area contributed by atoms with Gasteiger partial charge in [0.15, 0.2) is 11.5 Å². The lowest BCUT2D eigenvalue weighted by atomic mass is 10.2. The average molecular weight is 361 g/mol. The summed E-state index contributed by atoms with van der Waals surface area (Å²) in [6.07, 6.45) is 1.46. The highest BCUT2D eigenvalue weighted by Gasteiger charge is 2.32. The maximum absolute atomic E-state index is 12.2. The standard InChI is InChI=1S/C12H11NO6S3/c14-8-2-1-7(5-9(8)15)6-10-11(16)13(12(20)21-10)3-4-22(17,18)19/h1-2,5-6,14-15H,3-4H2,(H,17,18,19)/b10-6-. The first-order valence-electron chi connectivity index (χ1n) is 5.90. The molecular weight excluding hydrogens is 350 g/mol. The van der Waals surface area contributed by atoms with Gasteiger partial charge in [-0.05, 0) is 23.8 Å². The molecule has 3 N–H and O–H groups in total. The van der Waals surface area contributed by atoms with Crippen LogP contribution in [0.25, 0.3) is 6.08 Å². The van der Waals surface area contributed by atoms with Gasteiger partial charge in [-0.25, -0.2) is 0 Å². The molecule has 0 atom stereocenters. The number of benzene rings is 1. The highest BCUT2D eigenvalue weighted by molar-refractivity contribution is 8.26. The van der Waals surface area contributed by atoms with Gasteiger partial charge in [0.2, 0.25) is 0 Å². The second-order valence-corrected chi connectivity index (χ2v) is 7.62. The molecule has 1 fully saturated rings. The Bertz CT molecular complexity index is 771. The van der Waals surface area contributed by atoms with E-state index in [4.69, 9.17) is 16.8 Å². The normalized spacial score (nSPS) is 17.5. The van der Waals surface area contributed by atoms with Gasteiger partial charge in [-0.3, -0.25) is 14.2 Å². The molecule has 0 saturated carbocycles. The van der Waals surface area contributed by atoms with Crippen LogP contribution >= 0.6 is 24.0 Å². The molecule has 1 aromatic carbocycles. The first kappa shape index (κ1) is 16.7. The van der Waals surface area contributed by atoms with Crippen LogP contribution in [-0.4, -0.2) is 50.6 Å². The van der Waals surface area contributed by atoms with E-state index in [1.165, 1.54) is 24.3 Å². The second-order valence-electron chi connectivity index (χ2n) is 4.37. The number of carbonyl (C=O) groups excluding carboxylic acids is 1. The van der Waals surface area contributed by atoms with E-state index in [0.29, 0.717) is 5.56 Å². The van der Waals surface area contributed by atoms with Gasteiger partial charge in [0.1, 0.15) is 4.32 Å². The van der Waals surface area contributed by atoms with E-state index in [-0.39, 0.29) is 27.3 Å². The van der Waals surface area contributed by atoms with Gasteiger partial charge in [0.05, 0.1) is 10.7 Å². The van der Waals surface area contributed by atoms with E-state index < -0.39 is 21.8 Å². The third-order valence-electron chi connectivity index (χ3n) is 2.74. The number of phenolic OH excluding ortho intramolecular Hbond substituents is 2. The predicted octanol–water partition coefficient (Wildman–Crippen LogP) is 1.19. The summed E-state index contributed by atoms with van der Waals surface area (Å²) < 4.78 is 30.4. The number of nitrogens with zero attached hydrogens (tertiary/aromatic N) is 1. The fourth-order valence-electron chi connectivity index (χ4n) is 1.68. The minimum atomic E-state index is -4.19. The van der Waals surface area contributed by atoms with Crippen molar-refractivity contribution in [2.45, 2.75) is 0 Å². The average Bonchev–Trinajstić information content (AvgIpc) is 2.66. The molecule has 1 heterocycles. The number of hydrogen-bond donors (Lipinski definition) is 3. The molecule has 0 aliphatic carbocycles. The summed E-state index contributed by atoms with van der Waals surface area (Å²) in [5.41, 5.74) is 0.477. The van der Waals surface area contributed by atoms with Gasteiger partial charge in [-0.2, -0.15) is 8.42 Å². The summed E-state index contributed by atoms with van der Waals surface area (Å²) in [5, 5.41) is 18.7. The van der Waals surface area contributed by atoms with E-state index in [9.17, 15) is 23.4 Å². The van der Waals surface area contributed by atoms with Crippen LogP contribution in [-0.2, 0) is 14.9 Å². The predicted molar refractivity (Wildman–Crippen MR) is 86.1 cm³/mol. The van der Waals surface area contributed by atoms with Crippen LogP contribution < -0.4 is 0 Å². The van der Waals surface area contributed by atoms with E-state index in [1.54, 1.807) is 0 Å². The second kappa shape index (κ2) is 6.24. The zero-order valence-electron chi connectivity index (χ0n) is 11.0. The number of hydrogen-bond acceptors (Lipinski definition) is 7. The maximum Gasteiger partial charge on any atom is 0.266 e. The Kier molecular flexibility index (Phi) is 4.75. The highest BCUT2D eigenvalue weighted by Crippen LogP contribution is 2.33. The van der Waals surface area contributed by atoms with Gasteiger partial charge in [-0.1, -0.05) is 30.0 Å². The van der Waals surface area contributed by atoms with Crippen LogP contribution in [0.4, 0.5) is 0 Å². The molecule has 1 amide bonds. The number of rotatable bonds is 4. The molecule has 10 heteroatoms. The van der Waals surface area contributed by atoms with Crippen LogP contribution in [0.2, 0.25) is 0 Å². The number of thioether (sulfide) groups is 1. The van der Waals surface area contributed by atoms with Gasteiger partial charge >= 0.3 is 0 Å². The molecule has 0 aromatic heterocycles. The molecule has 1 aliphatic heterocycles. The quantitative estimate of drug-likeness (QED) is 0.317. The molecule has 0 radical (unpaired) electrons. The highest BCUT2D eigenvalue weighted by atomic mass is 32.2. The third kappa shape index (κ3) is 3.97. The summed E-state index contributed by atoms with van der Waals surface area (Å²) in [5.74, 6) is -1.69. The zero-order valence-corrected chi connectivity index (χ0v) is 13.4. The van der Waals surface area contributed by atoms with Gasteiger partial charge in [0, 0.05) is 6.54 Å². The molecular formula is C12H11NO6S3. The number of phenols is 2. The lowest BCUT2D eigenvalue weighted by molar-refractivity contribution is -0.121. The topological polar surface area (TPSA) is 115 Å². The van der Waals surface area contributed by atoms with Crippen LogP contribution in [0.3, 0.4) is 0 Å². The van der Waals surface area contributed by atoms with Crippen molar-refractivity contribution in [1.82, 2.24) is 4.90 Å². The van der Waals surface area contributed by atoms with Gasteiger partial charge in [0.25, 0.3) is 16.0 Å². The molecule has 2 rings (SSSR count). The van der Waals surface area contributed by atoms with Crippen molar-refractivity contribution < 1.29 is 28.0 Å². The van der Waals surface area contributed by atoms with Crippen molar-refractivity contribution in [2.75, 3.05) is 12.3 Å². The Hall–Kier alpha value is -1.62. The van der Waals surface area contributed by atoms with Crippen LogP contribution in [0.5, 0.6) is 11.5 Å². The Balaban J connectivity index is 2.20. The largest absolute Gasteiger partial charge is 0.504 e. The maximum atomic E-state index is 12.2. The van der Waals surface area contributed by atoms with Crippen LogP contribution in [0, 0.1) is 0 Å². The number of aromatic hydroxyl groups is 2. The van der Waals surface area contributed by atoms with Crippen LogP contribution in [0.15, 0.2) is 23.1 Å². The monoisotopic (exact) mass is 361 g/mol. The smallest absolute Gasteiger partial charge is 0.266 e.